The van der Waals surface area contributed by atoms with Gasteiger partial charge in [0.25, 0.3) is 0 Å². The highest BCUT2D eigenvalue weighted by atomic mass is 35.5. The molecule has 1 heterocycles. The van der Waals surface area contributed by atoms with Crippen molar-refractivity contribution >= 4 is 29.3 Å². The normalized spacial score (nSPS) is 11.5. The van der Waals surface area contributed by atoms with E-state index in [1.807, 2.05) is 0 Å². The topological polar surface area (TPSA) is 146 Å². The Labute approximate surface area is 180 Å². The number of carbonyl (C=O) groups is 3. The smallest absolute Gasteiger partial charge is 0.326 e. The molecule has 30 heavy (non-hydrogen) atoms. The zero-order valence-electron chi connectivity index (χ0n) is 17.1. The molecule has 1 aromatic carbocycles. The Balaban J connectivity index is 0.00000450. The predicted molar refractivity (Wildman–Crippen MR) is 115 cm³/mol. The number of aryl methyl sites for hydroxylation is 1. The fraction of sp³-hybridized carbons (Fsp3) is 0.381. The Morgan fingerprint density at radius 2 is 1.83 bits per heavy atom. The molecule has 0 fully saturated rings. The number of unbranched alkanes of at least 4 members (excludes halogenated alkanes) is 1. The average molecular weight is 438 g/mol. The SMILES string of the molecule is Cc1cc(CC(=O)N[C@@H](CCCCN)C(=O)O)n(C)c1C(=O)c1ccc(Cl)cc1.O. The lowest BCUT2D eigenvalue weighted by Crippen LogP contribution is -2.41. The van der Waals surface area contributed by atoms with Crippen LogP contribution in [0, 0.1) is 6.92 Å². The molecule has 2 aromatic rings. The number of benzene rings is 1. The Morgan fingerprint density at radius 3 is 2.40 bits per heavy atom. The summed E-state index contributed by atoms with van der Waals surface area (Å²) >= 11 is 5.88. The van der Waals surface area contributed by atoms with Crippen LogP contribution in [0.5, 0.6) is 0 Å². The van der Waals surface area contributed by atoms with Crippen LogP contribution in [0.2, 0.25) is 5.02 Å². The van der Waals surface area contributed by atoms with E-state index >= 15 is 0 Å². The number of nitrogens with zero attached hydrogens (tertiary/aromatic N) is 1. The maximum Gasteiger partial charge on any atom is 0.326 e. The van der Waals surface area contributed by atoms with Gasteiger partial charge in [0.05, 0.1) is 12.1 Å². The predicted octanol–water partition coefficient (Wildman–Crippen LogP) is 1.63. The van der Waals surface area contributed by atoms with Crippen LogP contribution in [0.25, 0.3) is 0 Å². The third-order valence-electron chi connectivity index (χ3n) is 4.77. The number of carbonyl (C=O) groups excluding carboxylic acids is 2. The van der Waals surface area contributed by atoms with Crippen molar-refractivity contribution in [2.45, 2.75) is 38.6 Å². The first-order valence-corrected chi connectivity index (χ1v) is 9.80. The second kappa shape index (κ2) is 11.5. The van der Waals surface area contributed by atoms with Gasteiger partial charge in [-0.3, -0.25) is 9.59 Å². The van der Waals surface area contributed by atoms with E-state index in [1.54, 1.807) is 48.9 Å². The highest BCUT2D eigenvalue weighted by Crippen LogP contribution is 2.20. The molecule has 0 saturated heterocycles. The van der Waals surface area contributed by atoms with Crippen molar-refractivity contribution in [3.8, 4) is 0 Å². The largest absolute Gasteiger partial charge is 0.480 e. The summed E-state index contributed by atoms with van der Waals surface area (Å²) in [7, 11) is 1.72. The molecule has 0 spiro atoms. The quantitative estimate of drug-likeness (QED) is 0.382. The number of halogens is 1. The van der Waals surface area contributed by atoms with Gasteiger partial charge in [0, 0.05) is 23.3 Å². The van der Waals surface area contributed by atoms with Gasteiger partial charge < -0.3 is 26.2 Å². The van der Waals surface area contributed by atoms with E-state index in [4.69, 9.17) is 17.3 Å². The third-order valence-corrected chi connectivity index (χ3v) is 5.02. The molecule has 0 aliphatic heterocycles. The van der Waals surface area contributed by atoms with E-state index in [1.165, 1.54) is 0 Å². The minimum atomic E-state index is -1.07. The number of amides is 1. The van der Waals surface area contributed by atoms with Gasteiger partial charge in [-0.25, -0.2) is 4.79 Å². The van der Waals surface area contributed by atoms with Crippen LogP contribution in [-0.2, 0) is 23.1 Å². The van der Waals surface area contributed by atoms with Crippen molar-refractivity contribution < 1.29 is 25.0 Å². The summed E-state index contributed by atoms with van der Waals surface area (Å²) in [4.78, 5) is 36.6. The summed E-state index contributed by atoms with van der Waals surface area (Å²) in [5, 5.41) is 12.4. The molecule has 1 atom stereocenters. The number of aromatic nitrogens is 1. The minimum Gasteiger partial charge on any atom is -0.480 e. The van der Waals surface area contributed by atoms with Gasteiger partial charge in [0.1, 0.15) is 6.04 Å². The van der Waals surface area contributed by atoms with Crippen molar-refractivity contribution in [1.82, 2.24) is 9.88 Å². The molecule has 6 N–H and O–H groups in total. The highest BCUT2D eigenvalue weighted by molar-refractivity contribution is 6.30. The van der Waals surface area contributed by atoms with Gasteiger partial charge in [-0.1, -0.05) is 11.6 Å². The van der Waals surface area contributed by atoms with Crippen LogP contribution in [0.4, 0.5) is 0 Å². The molecule has 0 aliphatic carbocycles. The van der Waals surface area contributed by atoms with Gasteiger partial charge in [-0.05, 0) is 68.6 Å². The van der Waals surface area contributed by atoms with Crippen LogP contribution >= 0.6 is 11.6 Å². The van der Waals surface area contributed by atoms with Crippen LogP contribution in [0.15, 0.2) is 30.3 Å². The first-order valence-electron chi connectivity index (χ1n) is 9.42. The molecular weight excluding hydrogens is 410 g/mol. The van der Waals surface area contributed by atoms with Crippen LogP contribution in [0.1, 0.15) is 46.6 Å². The summed E-state index contributed by atoms with van der Waals surface area (Å²) in [5.41, 5.74) is 7.78. The molecule has 1 aromatic heterocycles. The number of aliphatic carboxylic acids is 1. The fourth-order valence-corrected chi connectivity index (χ4v) is 3.35. The van der Waals surface area contributed by atoms with Crippen LogP contribution in [0.3, 0.4) is 0 Å². The number of carboxylic acids is 1. The van der Waals surface area contributed by atoms with Gasteiger partial charge in [0.15, 0.2) is 0 Å². The lowest BCUT2D eigenvalue weighted by Gasteiger charge is -2.15. The minimum absolute atomic E-state index is 0. The van der Waals surface area contributed by atoms with Crippen LogP contribution in [-0.4, -0.2) is 45.4 Å². The third kappa shape index (κ3) is 6.41. The van der Waals surface area contributed by atoms with E-state index in [0.717, 1.165) is 5.56 Å². The maximum absolute atomic E-state index is 12.9. The molecule has 2 rings (SSSR count). The van der Waals surface area contributed by atoms with Crippen molar-refractivity contribution in [3.63, 3.8) is 0 Å². The average Bonchev–Trinajstić information content (AvgIpc) is 2.94. The number of carboxylic acid groups (broad SMARTS) is 1. The van der Waals surface area contributed by atoms with Gasteiger partial charge in [-0.15, -0.1) is 0 Å². The van der Waals surface area contributed by atoms with Crippen molar-refractivity contribution in [2.75, 3.05) is 6.54 Å². The van der Waals surface area contributed by atoms with E-state index in [9.17, 15) is 19.5 Å². The second-order valence-corrected chi connectivity index (χ2v) is 7.42. The van der Waals surface area contributed by atoms with E-state index in [2.05, 4.69) is 5.32 Å². The summed E-state index contributed by atoms with van der Waals surface area (Å²) in [5.74, 6) is -1.65. The van der Waals surface area contributed by atoms with Gasteiger partial charge in [-0.2, -0.15) is 0 Å². The highest BCUT2D eigenvalue weighted by Gasteiger charge is 2.22. The standard InChI is InChI=1S/C21H26ClN3O4.H2O/c1-13-11-16(12-18(26)24-17(21(28)29)5-3-4-10-23)25(2)19(13)20(27)14-6-8-15(22)9-7-14;/h6-9,11,17H,3-5,10,12,23H2,1-2H3,(H,24,26)(H,28,29);1H2/t17-;/m0./s1. The van der Waals surface area contributed by atoms with E-state index in [0.29, 0.717) is 47.8 Å². The molecular formula is C21H28ClN3O5. The van der Waals surface area contributed by atoms with Crippen LogP contribution < -0.4 is 11.1 Å². The molecule has 0 aliphatic rings. The second-order valence-electron chi connectivity index (χ2n) is 6.98. The number of hydrogen-bond donors (Lipinski definition) is 3. The Hall–Kier alpha value is -2.68. The zero-order valence-corrected chi connectivity index (χ0v) is 17.8. The molecule has 9 heteroatoms. The van der Waals surface area contributed by atoms with E-state index in [-0.39, 0.29) is 17.7 Å². The zero-order chi connectivity index (χ0) is 21.6. The molecule has 0 saturated carbocycles. The summed E-state index contributed by atoms with van der Waals surface area (Å²) in [6, 6.07) is 7.43. The van der Waals surface area contributed by atoms with E-state index < -0.39 is 17.9 Å². The Morgan fingerprint density at radius 1 is 1.20 bits per heavy atom. The number of nitrogens with two attached hydrogens (primary N) is 1. The monoisotopic (exact) mass is 437 g/mol. The lowest BCUT2D eigenvalue weighted by molar-refractivity contribution is -0.142. The molecule has 164 valence electrons. The molecule has 8 nitrogen and oxygen atoms in total. The van der Waals surface area contributed by atoms with Gasteiger partial charge in [0.2, 0.25) is 11.7 Å². The fourth-order valence-electron chi connectivity index (χ4n) is 3.22. The Kier molecular flexibility index (Phi) is 9.71. The maximum atomic E-state index is 12.9. The van der Waals surface area contributed by atoms with Crippen molar-refractivity contribution in [3.05, 3.63) is 57.9 Å². The van der Waals surface area contributed by atoms with Gasteiger partial charge >= 0.3 is 5.97 Å². The number of nitrogens with one attached hydrogen (secondary N) is 1. The number of ketones is 1. The Bertz CT molecular complexity index is 893. The van der Waals surface area contributed by atoms with Crippen molar-refractivity contribution in [2.24, 2.45) is 12.8 Å². The number of hydrogen-bond acceptors (Lipinski definition) is 4. The van der Waals surface area contributed by atoms with Crippen molar-refractivity contribution in [1.29, 1.82) is 0 Å². The first-order chi connectivity index (χ1) is 13.7. The lowest BCUT2D eigenvalue weighted by atomic mass is 10.1. The first kappa shape index (κ1) is 25.4. The molecule has 0 radical (unpaired) electrons. The summed E-state index contributed by atoms with van der Waals surface area (Å²) in [6.45, 7) is 2.28. The summed E-state index contributed by atoms with van der Waals surface area (Å²) in [6.07, 6.45) is 1.63. The summed E-state index contributed by atoms with van der Waals surface area (Å²) < 4.78 is 1.68. The molecule has 1 amide bonds. The molecule has 0 bridgehead atoms. The number of rotatable bonds is 10. The molecule has 0 unspecified atom stereocenters.